The van der Waals surface area contributed by atoms with Crippen LogP contribution >= 0.6 is 11.6 Å². The zero-order chi connectivity index (χ0) is 9.68. The van der Waals surface area contributed by atoms with Crippen molar-refractivity contribution in [2.24, 2.45) is 0 Å². The Labute approximate surface area is 82.1 Å². The summed E-state index contributed by atoms with van der Waals surface area (Å²) in [7, 11) is -1.81. The van der Waals surface area contributed by atoms with Crippen molar-refractivity contribution in [3.05, 3.63) is 35.9 Å². The molecule has 13 heavy (non-hydrogen) atoms. The molecule has 2 N–H and O–H groups in total. The van der Waals surface area contributed by atoms with Crippen molar-refractivity contribution in [3.8, 4) is 0 Å². The third kappa shape index (κ3) is 4.29. The van der Waals surface area contributed by atoms with Gasteiger partial charge in [0.25, 0.3) is 0 Å². The highest BCUT2D eigenvalue weighted by molar-refractivity contribution is 6.34. The van der Waals surface area contributed by atoms with Crippen LogP contribution < -0.4 is 0 Å². The number of halogens is 1. The van der Waals surface area contributed by atoms with Crippen molar-refractivity contribution >= 4 is 18.9 Å². The minimum Gasteiger partial charge on any atom is -0.402 e. The Morgan fingerprint density at radius 2 is 1.92 bits per heavy atom. The second-order valence-corrected chi connectivity index (χ2v) is 3.05. The predicted molar refractivity (Wildman–Crippen MR) is 51.1 cm³/mol. The van der Waals surface area contributed by atoms with E-state index < -0.39 is 12.9 Å². The molecule has 3 nitrogen and oxygen atoms in total. The molecule has 0 aliphatic heterocycles. The summed E-state index contributed by atoms with van der Waals surface area (Å²) in [6, 6.07) is 9.45. The number of alkyl halides is 1. The molecule has 0 saturated carbocycles. The molecule has 1 aromatic carbocycles. The third-order valence-corrected chi connectivity index (χ3v) is 1.77. The van der Waals surface area contributed by atoms with Gasteiger partial charge in [0.2, 0.25) is 0 Å². The van der Waals surface area contributed by atoms with Crippen molar-refractivity contribution in [1.29, 1.82) is 0 Å². The monoisotopic (exact) mass is 200 g/mol. The summed E-state index contributed by atoms with van der Waals surface area (Å²) in [5.41, 5.74) is 0.269. The highest BCUT2D eigenvalue weighted by Gasteiger charge is 2.15. The molecule has 1 rings (SSSR count). The van der Waals surface area contributed by atoms with Crippen LogP contribution in [-0.2, 0) is 11.1 Å². The Morgan fingerprint density at radius 3 is 2.46 bits per heavy atom. The van der Waals surface area contributed by atoms with Gasteiger partial charge < -0.3 is 14.7 Å². The maximum Gasteiger partial charge on any atom is 0.635 e. The van der Waals surface area contributed by atoms with Crippen LogP contribution in [0.15, 0.2) is 30.3 Å². The predicted octanol–water partition coefficient (Wildman–Crippen LogP) is 0.780. The zero-order valence-corrected chi connectivity index (χ0v) is 7.69. The third-order valence-electron chi connectivity index (χ3n) is 1.51. The smallest absolute Gasteiger partial charge is 0.402 e. The number of hydrogen-bond acceptors (Lipinski definition) is 3. The Morgan fingerprint density at radius 1 is 1.31 bits per heavy atom. The minimum atomic E-state index is -1.81. The fourth-order valence-electron chi connectivity index (χ4n) is 0.980. The summed E-state index contributed by atoms with van der Waals surface area (Å²) in [6.45, 7) is 0. The normalized spacial score (nSPS) is 12.5. The first kappa shape index (κ1) is 10.5. The molecule has 5 heteroatoms. The standard InChI is InChI=1S/C8H10BClO3/c10-8(13-9(11)12)6-7-4-2-1-3-5-7/h1-5,8,11-12H,6H2/t8-/m1/s1. The molecule has 0 bridgehead atoms. The lowest BCUT2D eigenvalue weighted by molar-refractivity contribution is 0.166. The van der Waals surface area contributed by atoms with Gasteiger partial charge in [-0.25, -0.2) is 0 Å². The lowest BCUT2D eigenvalue weighted by atomic mass is 10.1. The van der Waals surface area contributed by atoms with Crippen LogP contribution in [0.2, 0.25) is 0 Å². The van der Waals surface area contributed by atoms with E-state index in [4.69, 9.17) is 21.6 Å². The lowest BCUT2D eigenvalue weighted by Gasteiger charge is -2.09. The van der Waals surface area contributed by atoms with E-state index in [2.05, 4.69) is 4.65 Å². The Hall–Kier alpha value is -0.545. The van der Waals surface area contributed by atoms with Gasteiger partial charge in [-0.1, -0.05) is 41.9 Å². The summed E-state index contributed by atoms with van der Waals surface area (Å²) in [6.07, 6.45) is 0.444. The summed E-state index contributed by atoms with van der Waals surface area (Å²) >= 11 is 5.67. The van der Waals surface area contributed by atoms with Gasteiger partial charge in [-0.05, 0) is 5.56 Å². The van der Waals surface area contributed by atoms with E-state index in [0.29, 0.717) is 6.42 Å². The van der Waals surface area contributed by atoms with Gasteiger partial charge in [-0.2, -0.15) is 0 Å². The number of benzene rings is 1. The topological polar surface area (TPSA) is 49.7 Å². The SMILES string of the molecule is OB(O)O[C@@H](Cl)Cc1ccccc1. The number of hydrogen-bond donors (Lipinski definition) is 2. The van der Waals surface area contributed by atoms with Crippen LogP contribution in [0.3, 0.4) is 0 Å². The summed E-state index contributed by atoms with van der Waals surface area (Å²) in [5.74, 6) is 0. The van der Waals surface area contributed by atoms with Gasteiger partial charge in [-0.3, -0.25) is 0 Å². The summed E-state index contributed by atoms with van der Waals surface area (Å²) in [5, 5.41) is 16.9. The van der Waals surface area contributed by atoms with Crippen LogP contribution in [0.25, 0.3) is 0 Å². The Kier molecular flexibility index (Phi) is 4.25. The molecule has 70 valence electrons. The molecule has 0 aliphatic carbocycles. The maximum atomic E-state index is 8.45. The van der Waals surface area contributed by atoms with Crippen molar-refractivity contribution in [3.63, 3.8) is 0 Å². The minimum absolute atomic E-state index is 0.444. The highest BCUT2D eigenvalue weighted by atomic mass is 35.5. The van der Waals surface area contributed by atoms with Crippen LogP contribution in [0, 0.1) is 0 Å². The Balaban J connectivity index is 2.41. The van der Waals surface area contributed by atoms with Crippen molar-refractivity contribution in [2.75, 3.05) is 0 Å². The molecule has 0 aliphatic rings. The van der Waals surface area contributed by atoms with E-state index >= 15 is 0 Å². The fraction of sp³-hybridized carbons (Fsp3) is 0.250. The van der Waals surface area contributed by atoms with Gasteiger partial charge in [0.05, 0.1) is 0 Å². The lowest BCUT2D eigenvalue weighted by Crippen LogP contribution is -2.23. The molecule has 0 heterocycles. The number of rotatable bonds is 4. The molecule has 0 spiro atoms. The molecule has 0 saturated heterocycles. The zero-order valence-electron chi connectivity index (χ0n) is 6.93. The Bertz CT molecular complexity index is 242. The molecule has 1 atom stereocenters. The van der Waals surface area contributed by atoms with E-state index in [1.165, 1.54) is 0 Å². The first-order chi connectivity index (χ1) is 6.18. The van der Waals surface area contributed by atoms with Crippen LogP contribution in [0.5, 0.6) is 0 Å². The van der Waals surface area contributed by atoms with Gasteiger partial charge in [-0.15, -0.1) is 0 Å². The van der Waals surface area contributed by atoms with Crippen LogP contribution in [0.1, 0.15) is 5.56 Å². The molecule has 0 unspecified atom stereocenters. The van der Waals surface area contributed by atoms with Crippen LogP contribution in [0.4, 0.5) is 0 Å². The maximum absolute atomic E-state index is 8.45. The second-order valence-electron chi connectivity index (χ2n) is 2.56. The molecule has 0 amide bonds. The van der Waals surface area contributed by atoms with Crippen molar-refractivity contribution in [1.82, 2.24) is 0 Å². The highest BCUT2D eigenvalue weighted by Crippen LogP contribution is 2.09. The van der Waals surface area contributed by atoms with Gasteiger partial charge in [0.15, 0.2) is 0 Å². The van der Waals surface area contributed by atoms with E-state index in [0.717, 1.165) is 5.56 Å². The summed E-state index contributed by atoms with van der Waals surface area (Å²) < 4.78 is 4.53. The molecule has 0 aromatic heterocycles. The van der Waals surface area contributed by atoms with Gasteiger partial charge in [0.1, 0.15) is 5.56 Å². The molecule has 0 radical (unpaired) electrons. The van der Waals surface area contributed by atoms with Crippen molar-refractivity contribution in [2.45, 2.75) is 12.0 Å². The molecular weight excluding hydrogens is 190 g/mol. The molecule has 0 fully saturated rings. The van der Waals surface area contributed by atoms with Crippen molar-refractivity contribution < 1.29 is 14.7 Å². The first-order valence-electron chi connectivity index (χ1n) is 3.88. The molecular formula is C8H10BClO3. The fourth-order valence-corrected chi connectivity index (χ4v) is 1.25. The average molecular weight is 200 g/mol. The van der Waals surface area contributed by atoms with Gasteiger partial charge in [0, 0.05) is 6.42 Å². The average Bonchev–Trinajstić information content (AvgIpc) is 2.04. The van der Waals surface area contributed by atoms with Crippen LogP contribution in [-0.4, -0.2) is 22.9 Å². The molecule has 1 aromatic rings. The van der Waals surface area contributed by atoms with E-state index in [1.807, 2.05) is 30.3 Å². The van der Waals surface area contributed by atoms with E-state index in [9.17, 15) is 0 Å². The van der Waals surface area contributed by atoms with E-state index in [-0.39, 0.29) is 0 Å². The van der Waals surface area contributed by atoms with Gasteiger partial charge >= 0.3 is 7.32 Å². The first-order valence-corrected chi connectivity index (χ1v) is 4.31. The summed E-state index contributed by atoms with van der Waals surface area (Å²) in [4.78, 5) is 0. The largest absolute Gasteiger partial charge is 0.635 e. The second kappa shape index (κ2) is 5.24. The van der Waals surface area contributed by atoms with E-state index in [1.54, 1.807) is 0 Å². The quantitative estimate of drug-likeness (QED) is 0.558.